The molecule has 0 fully saturated rings. The van der Waals surface area contributed by atoms with Gasteiger partial charge in [0, 0.05) is 19.2 Å². The van der Waals surface area contributed by atoms with E-state index in [1.807, 2.05) is 26.8 Å². The molecule has 0 spiro atoms. The first-order chi connectivity index (χ1) is 9.90. The third-order valence-electron chi connectivity index (χ3n) is 3.12. The molecule has 0 aliphatic heterocycles. The summed E-state index contributed by atoms with van der Waals surface area (Å²) < 4.78 is 32.6. The minimum Gasteiger partial charge on any atom is -0.380 e. The van der Waals surface area contributed by atoms with Crippen LogP contribution in [0.5, 0.6) is 0 Å². The van der Waals surface area contributed by atoms with E-state index in [9.17, 15) is 8.42 Å². The molecule has 1 aromatic rings. The van der Waals surface area contributed by atoms with Gasteiger partial charge in [-0.25, -0.2) is 13.1 Å². The zero-order valence-corrected chi connectivity index (χ0v) is 14.1. The van der Waals surface area contributed by atoms with Gasteiger partial charge in [0.1, 0.15) is 0 Å². The number of aryl methyl sites for hydroxylation is 1. The van der Waals surface area contributed by atoms with Crippen molar-refractivity contribution in [3.05, 3.63) is 29.3 Å². The molecular weight excluding hydrogens is 288 g/mol. The van der Waals surface area contributed by atoms with Gasteiger partial charge in [-0.2, -0.15) is 0 Å². The van der Waals surface area contributed by atoms with Crippen LogP contribution in [-0.2, 0) is 21.3 Å². The highest BCUT2D eigenvalue weighted by Crippen LogP contribution is 2.16. The maximum atomic E-state index is 12.4. The Balaban J connectivity index is 2.87. The Bertz CT molecular complexity index is 544. The fourth-order valence-electron chi connectivity index (χ4n) is 1.93. The van der Waals surface area contributed by atoms with Crippen molar-refractivity contribution in [1.82, 2.24) is 10.0 Å². The van der Waals surface area contributed by atoms with Crippen LogP contribution in [-0.4, -0.2) is 34.2 Å². The Morgan fingerprint density at radius 3 is 2.62 bits per heavy atom. The molecule has 0 amide bonds. The van der Waals surface area contributed by atoms with Gasteiger partial charge in [-0.3, -0.25) is 0 Å². The van der Waals surface area contributed by atoms with E-state index in [-0.39, 0.29) is 6.04 Å². The predicted molar refractivity (Wildman–Crippen MR) is 84.8 cm³/mol. The van der Waals surface area contributed by atoms with Crippen LogP contribution in [0.15, 0.2) is 23.1 Å². The molecule has 0 saturated heterocycles. The fraction of sp³-hybridized carbons (Fsp3) is 0.600. The van der Waals surface area contributed by atoms with E-state index in [0.717, 1.165) is 17.7 Å². The van der Waals surface area contributed by atoms with Crippen molar-refractivity contribution >= 4 is 10.0 Å². The normalized spacial score (nSPS) is 13.3. The molecule has 0 saturated carbocycles. The molecule has 1 atom stereocenters. The van der Waals surface area contributed by atoms with E-state index in [2.05, 4.69) is 10.0 Å². The molecule has 1 unspecified atom stereocenters. The molecule has 21 heavy (non-hydrogen) atoms. The largest absolute Gasteiger partial charge is 0.380 e. The van der Waals surface area contributed by atoms with Gasteiger partial charge in [0.25, 0.3) is 0 Å². The van der Waals surface area contributed by atoms with Gasteiger partial charge in [0.05, 0.1) is 11.5 Å². The molecule has 2 N–H and O–H groups in total. The number of rotatable bonds is 9. The lowest BCUT2D eigenvalue weighted by atomic mass is 10.1. The van der Waals surface area contributed by atoms with Crippen molar-refractivity contribution in [2.75, 3.05) is 19.8 Å². The van der Waals surface area contributed by atoms with Gasteiger partial charge in [0.2, 0.25) is 10.0 Å². The minimum atomic E-state index is -3.51. The zero-order chi connectivity index (χ0) is 15.9. The second-order valence-electron chi connectivity index (χ2n) is 5.05. The smallest absolute Gasteiger partial charge is 0.240 e. The van der Waals surface area contributed by atoms with Crippen LogP contribution in [0, 0.1) is 6.92 Å². The number of hydrogen-bond donors (Lipinski definition) is 2. The molecule has 120 valence electrons. The predicted octanol–water partition coefficient (Wildman–Crippen LogP) is 1.81. The summed E-state index contributed by atoms with van der Waals surface area (Å²) in [5, 5.41) is 3.22. The number of hydrogen-bond acceptors (Lipinski definition) is 4. The molecule has 1 rings (SSSR count). The summed E-state index contributed by atoms with van der Waals surface area (Å²) in [6.07, 6.45) is 0. The Labute approximate surface area is 128 Å². The van der Waals surface area contributed by atoms with Crippen LogP contribution in [0.1, 0.15) is 31.9 Å². The van der Waals surface area contributed by atoms with E-state index < -0.39 is 10.0 Å². The maximum Gasteiger partial charge on any atom is 0.240 e. The van der Waals surface area contributed by atoms with Gasteiger partial charge < -0.3 is 10.1 Å². The highest BCUT2D eigenvalue weighted by Gasteiger charge is 2.18. The second kappa shape index (κ2) is 8.48. The number of sulfonamides is 1. The van der Waals surface area contributed by atoms with E-state index in [0.29, 0.717) is 24.7 Å². The van der Waals surface area contributed by atoms with Crippen LogP contribution in [0.3, 0.4) is 0 Å². The SMILES string of the molecule is CCNCc1cc(S(=O)(=O)NC(C)COCC)ccc1C. The Hall–Kier alpha value is -0.950. The molecule has 0 aliphatic rings. The number of ether oxygens (including phenoxy) is 1. The van der Waals surface area contributed by atoms with Crippen LogP contribution in [0.25, 0.3) is 0 Å². The van der Waals surface area contributed by atoms with E-state index in [1.54, 1.807) is 19.1 Å². The summed E-state index contributed by atoms with van der Waals surface area (Å²) in [7, 11) is -3.51. The molecule has 0 aliphatic carbocycles. The lowest BCUT2D eigenvalue weighted by Crippen LogP contribution is -2.36. The third-order valence-corrected chi connectivity index (χ3v) is 4.71. The van der Waals surface area contributed by atoms with Crippen LogP contribution in [0.4, 0.5) is 0 Å². The topological polar surface area (TPSA) is 67.4 Å². The van der Waals surface area contributed by atoms with Gasteiger partial charge >= 0.3 is 0 Å². The van der Waals surface area contributed by atoms with E-state index >= 15 is 0 Å². The van der Waals surface area contributed by atoms with Crippen LogP contribution in [0.2, 0.25) is 0 Å². The Kier molecular flexibility index (Phi) is 7.31. The number of nitrogens with one attached hydrogen (secondary N) is 2. The first-order valence-electron chi connectivity index (χ1n) is 7.31. The minimum absolute atomic E-state index is 0.256. The van der Waals surface area contributed by atoms with Gasteiger partial charge in [-0.05, 0) is 50.6 Å². The average Bonchev–Trinajstić information content (AvgIpc) is 2.43. The van der Waals surface area contributed by atoms with Crippen LogP contribution < -0.4 is 10.0 Å². The summed E-state index contributed by atoms with van der Waals surface area (Å²) in [6.45, 7) is 10.1. The molecule has 0 bridgehead atoms. The monoisotopic (exact) mass is 314 g/mol. The summed E-state index contributed by atoms with van der Waals surface area (Å²) in [4.78, 5) is 0.296. The quantitative estimate of drug-likeness (QED) is 0.729. The molecular formula is C15H26N2O3S. The van der Waals surface area contributed by atoms with E-state index in [4.69, 9.17) is 4.74 Å². The van der Waals surface area contributed by atoms with Crippen molar-refractivity contribution < 1.29 is 13.2 Å². The van der Waals surface area contributed by atoms with Gasteiger partial charge in [0.15, 0.2) is 0 Å². The first kappa shape index (κ1) is 18.1. The highest BCUT2D eigenvalue weighted by molar-refractivity contribution is 7.89. The zero-order valence-electron chi connectivity index (χ0n) is 13.3. The summed E-state index contributed by atoms with van der Waals surface area (Å²) in [5.41, 5.74) is 2.08. The summed E-state index contributed by atoms with van der Waals surface area (Å²) in [5.74, 6) is 0. The van der Waals surface area contributed by atoms with Crippen molar-refractivity contribution in [3.63, 3.8) is 0 Å². The summed E-state index contributed by atoms with van der Waals surface area (Å²) >= 11 is 0. The molecule has 0 heterocycles. The van der Waals surface area contributed by atoms with Crippen LogP contribution >= 0.6 is 0 Å². The second-order valence-corrected chi connectivity index (χ2v) is 6.76. The maximum absolute atomic E-state index is 12.4. The van der Waals surface area contributed by atoms with Crippen molar-refractivity contribution in [2.24, 2.45) is 0 Å². The molecule has 0 aromatic heterocycles. The molecule has 6 heteroatoms. The molecule has 1 aromatic carbocycles. The third kappa shape index (κ3) is 5.74. The van der Waals surface area contributed by atoms with Gasteiger partial charge in [-0.15, -0.1) is 0 Å². The summed E-state index contributed by atoms with van der Waals surface area (Å²) in [6, 6.07) is 4.95. The standard InChI is InChI=1S/C15H26N2O3S/c1-5-16-10-14-9-15(8-7-12(14)3)21(18,19)17-13(4)11-20-6-2/h7-9,13,16-17H,5-6,10-11H2,1-4H3. The van der Waals surface area contributed by atoms with Crippen molar-refractivity contribution in [1.29, 1.82) is 0 Å². The fourth-order valence-corrected chi connectivity index (χ4v) is 3.21. The Morgan fingerprint density at radius 1 is 1.29 bits per heavy atom. The van der Waals surface area contributed by atoms with Crippen molar-refractivity contribution in [2.45, 2.75) is 45.2 Å². The van der Waals surface area contributed by atoms with E-state index in [1.165, 1.54) is 0 Å². The van der Waals surface area contributed by atoms with Gasteiger partial charge in [-0.1, -0.05) is 13.0 Å². The molecule has 0 radical (unpaired) electrons. The lowest BCUT2D eigenvalue weighted by Gasteiger charge is -2.15. The number of benzene rings is 1. The first-order valence-corrected chi connectivity index (χ1v) is 8.79. The average molecular weight is 314 g/mol. The molecule has 5 nitrogen and oxygen atoms in total. The highest BCUT2D eigenvalue weighted by atomic mass is 32.2. The lowest BCUT2D eigenvalue weighted by molar-refractivity contribution is 0.133. The Morgan fingerprint density at radius 2 is 2.00 bits per heavy atom. The van der Waals surface area contributed by atoms with Crippen molar-refractivity contribution in [3.8, 4) is 0 Å².